The molecule has 0 aliphatic carbocycles. The van der Waals surface area contributed by atoms with E-state index in [4.69, 9.17) is 10.8 Å². The summed E-state index contributed by atoms with van der Waals surface area (Å²) >= 11 is 0. The number of carbonyl (C=O) groups excluding carboxylic acids is 1. The lowest BCUT2D eigenvalue weighted by atomic mass is 10.0. The first-order valence-corrected chi connectivity index (χ1v) is 5.80. The third-order valence-corrected chi connectivity index (χ3v) is 2.52. The van der Waals surface area contributed by atoms with Crippen molar-refractivity contribution in [1.29, 1.82) is 0 Å². The van der Waals surface area contributed by atoms with Crippen LogP contribution in [-0.4, -0.2) is 23.0 Å². The van der Waals surface area contributed by atoms with Gasteiger partial charge >= 0.3 is 5.97 Å². The highest BCUT2D eigenvalue weighted by molar-refractivity contribution is 5.78. The molecule has 0 aliphatic rings. The molecule has 1 aromatic rings. The van der Waals surface area contributed by atoms with Crippen molar-refractivity contribution in [3.63, 3.8) is 0 Å². The van der Waals surface area contributed by atoms with Crippen LogP contribution in [0.15, 0.2) is 30.3 Å². The van der Waals surface area contributed by atoms with Gasteiger partial charge in [-0.25, -0.2) is 0 Å². The zero-order valence-corrected chi connectivity index (χ0v) is 10.3. The number of nitrogens with two attached hydrogens (primary N) is 1. The number of carboxylic acid groups (broad SMARTS) is 1. The second kappa shape index (κ2) is 6.76. The Morgan fingerprint density at radius 1 is 1.28 bits per heavy atom. The maximum atomic E-state index is 11.6. The number of amides is 1. The molecule has 2 atom stereocenters. The third kappa shape index (κ3) is 4.97. The summed E-state index contributed by atoms with van der Waals surface area (Å²) in [6.07, 6.45) is 0.0558. The molecule has 1 rings (SSSR count). The van der Waals surface area contributed by atoms with E-state index in [1.165, 1.54) is 0 Å². The molecule has 0 bridgehead atoms. The van der Waals surface area contributed by atoms with Crippen molar-refractivity contribution in [2.45, 2.75) is 31.8 Å². The molecule has 5 heteroatoms. The van der Waals surface area contributed by atoms with Gasteiger partial charge in [0.2, 0.25) is 5.91 Å². The van der Waals surface area contributed by atoms with Crippen LogP contribution in [-0.2, 0) is 9.59 Å². The normalized spacial score (nSPS) is 13.7. The standard InChI is InChI=1S/C13H18N2O3/c1-9(7-13(17)18)15-12(16)8-11(14)10-5-3-2-4-6-10/h2-6,9,11H,7-8,14H2,1H3,(H,15,16)(H,17,18). The maximum absolute atomic E-state index is 11.6. The molecule has 5 nitrogen and oxygen atoms in total. The molecular formula is C13H18N2O3. The molecule has 0 saturated heterocycles. The summed E-state index contributed by atoms with van der Waals surface area (Å²) in [5.74, 6) is -1.17. The summed E-state index contributed by atoms with van der Waals surface area (Å²) in [7, 11) is 0. The molecule has 2 unspecified atom stereocenters. The van der Waals surface area contributed by atoms with Crippen LogP contribution >= 0.6 is 0 Å². The third-order valence-electron chi connectivity index (χ3n) is 2.52. The smallest absolute Gasteiger partial charge is 0.305 e. The molecule has 0 fully saturated rings. The zero-order chi connectivity index (χ0) is 13.5. The van der Waals surface area contributed by atoms with Gasteiger partial charge in [-0.05, 0) is 12.5 Å². The Kier molecular flexibility index (Phi) is 5.32. The molecule has 98 valence electrons. The first-order chi connectivity index (χ1) is 8.49. The minimum atomic E-state index is -0.935. The number of hydrogen-bond donors (Lipinski definition) is 3. The Hall–Kier alpha value is -1.88. The number of benzene rings is 1. The number of aliphatic carboxylic acids is 1. The van der Waals surface area contributed by atoms with Gasteiger partial charge in [0.1, 0.15) is 0 Å². The van der Waals surface area contributed by atoms with E-state index in [0.29, 0.717) is 0 Å². The molecule has 0 aliphatic heterocycles. The van der Waals surface area contributed by atoms with Gasteiger partial charge in [-0.2, -0.15) is 0 Å². The van der Waals surface area contributed by atoms with Crippen LogP contribution in [0.1, 0.15) is 31.4 Å². The molecule has 1 amide bonds. The lowest BCUT2D eigenvalue weighted by Crippen LogP contribution is -2.35. The molecule has 0 radical (unpaired) electrons. The Labute approximate surface area is 106 Å². The summed E-state index contributed by atoms with van der Waals surface area (Å²) in [5, 5.41) is 11.2. The van der Waals surface area contributed by atoms with Gasteiger partial charge in [-0.15, -0.1) is 0 Å². The van der Waals surface area contributed by atoms with Gasteiger partial charge in [-0.3, -0.25) is 9.59 Å². The van der Waals surface area contributed by atoms with Crippen molar-refractivity contribution in [2.75, 3.05) is 0 Å². The zero-order valence-electron chi connectivity index (χ0n) is 10.3. The fraction of sp³-hybridized carbons (Fsp3) is 0.385. The molecule has 0 saturated carbocycles. The second-order valence-corrected chi connectivity index (χ2v) is 4.29. The van der Waals surface area contributed by atoms with Crippen LogP contribution in [0.5, 0.6) is 0 Å². The van der Waals surface area contributed by atoms with E-state index in [-0.39, 0.29) is 24.8 Å². The van der Waals surface area contributed by atoms with E-state index in [0.717, 1.165) is 5.56 Å². The monoisotopic (exact) mass is 250 g/mol. The van der Waals surface area contributed by atoms with Crippen LogP contribution < -0.4 is 11.1 Å². The number of carbonyl (C=O) groups is 2. The highest BCUT2D eigenvalue weighted by Gasteiger charge is 2.14. The van der Waals surface area contributed by atoms with Crippen LogP contribution in [0.2, 0.25) is 0 Å². The van der Waals surface area contributed by atoms with Gasteiger partial charge in [0.15, 0.2) is 0 Å². The predicted octanol–water partition coefficient (Wildman–Crippen LogP) is 1.06. The molecule has 18 heavy (non-hydrogen) atoms. The van der Waals surface area contributed by atoms with Gasteiger partial charge < -0.3 is 16.2 Å². The summed E-state index contributed by atoms with van der Waals surface area (Å²) in [5.41, 5.74) is 6.78. The lowest BCUT2D eigenvalue weighted by molar-refractivity contribution is -0.137. The molecule has 1 aromatic carbocycles. The SMILES string of the molecule is CC(CC(=O)O)NC(=O)CC(N)c1ccccc1. The van der Waals surface area contributed by atoms with E-state index in [1.807, 2.05) is 30.3 Å². The van der Waals surface area contributed by atoms with Gasteiger partial charge in [-0.1, -0.05) is 30.3 Å². The molecule has 4 N–H and O–H groups in total. The number of nitrogens with one attached hydrogen (secondary N) is 1. The molecular weight excluding hydrogens is 232 g/mol. The minimum absolute atomic E-state index is 0.0910. The van der Waals surface area contributed by atoms with Crippen LogP contribution in [0.3, 0.4) is 0 Å². The topological polar surface area (TPSA) is 92.4 Å². The number of hydrogen-bond acceptors (Lipinski definition) is 3. The van der Waals surface area contributed by atoms with Gasteiger partial charge in [0, 0.05) is 18.5 Å². The van der Waals surface area contributed by atoms with E-state index in [9.17, 15) is 9.59 Å². The van der Waals surface area contributed by atoms with Crippen LogP contribution in [0.25, 0.3) is 0 Å². The van der Waals surface area contributed by atoms with Crippen molar-refractivity contribution in [1.82, 2.24) is 5.32 Å². The summed E-state index contributed by atoms with van der Waals surface area (Å²) in [6.45, 7) is 1.65. The lowest BCUT2D eigenvalue weighted by Gasteiger charge is -2.15. The average Bonchev–Trinajstić information content (AvgIpc) is 2.28. The van der Waals surface area contributed by atoms with E-state index >= 15 is 0 Å². The van der Waals surface area contributed by atoms with Crippen molar-refractivity contribution >= 4 is 11.9 Å². The highest BCUT2D eigenvalue weighted by Crippen LogP contribution is 2.13. The minimum Gasteiger partial charge on any atom is -0.481 e. The van der Waals surface area contributed by atoms with Crippen LogP contribution in [0, 0.1) is 0 Å². The summed E-state index contributed by atoms with van der Waals surface area (Å²) in [4.78, 5) is 22.1. The summed E-state index contributed by atoms with van der Waals surface area (Å²) < 4.78 is 0. The second-order valence-electron chi connectivity index (χ2n) is 4.29. The quantitative estimate of drug-likeness (QED) is 0.703. The first-order valence-electron chi connectivity index (χ1n) is 5.80. The van der Waals surface area contributed by atoms with E-state index in [2.05, 4.69) is 5.32 Å². The van der Waals surface area contributed by atoms with Crippen molar-refractivity contribution in [2.24, 2.45) is 5.73 Å². The average molecular weight is 250 g/mol. The van der Waals surface area contributed by atoms with Gasteiger partial charge in [0.05, 0.1) is 6.42 Å². The van der Waals surface area contributed by atoms with E-state index < -0.39 is 12.0 Å². The van der Waals surface area contributed by atoms with Crippen molar-refractivity contribution in [3.05, 3.63) is 35.9 Å². The van der Waals surface area contributed by atoms with Crippen LogP contribution in [0.4, 0.5) is 0 Å². The first kappa shape index (κ1) is 14.2. The Morgan fingerprint density at radius 3 is 2.44 bits per heavy atom. The van der Waals surface area contributed by atoms with Crippen molar-refractivity contribution in [3.8, 4) is 0 Å². The molecule has 0 spiro atoms. The highest BCUT2D eigenvalue weighted by atomic mass is 16.4. The largest absolute Gasteiger partial charge is 0.481 e. The fourth-order valence-electron chi connectivity index (χ4n) is 1.66. The maximum Gasteiger partial charge on any atom is 0.305 e. The van der Waals surface area contributed by atoms with Gasteiger partial charge in [0.25, 0.3) is 0 Å². The Morgan fingerprint density at radius 2 is 1.89 bits per heavy atom. The fourth-order valence-corrected chi connectivity index (χ4v) is 1.66. The molecule has 0 heterocycles. The summed E-state index contributed by atoms with van der Waals surface area (Å²) in [6, 6.07) is 8.56. The Balaban J connectivity index is 2.43. The van der Waals surface area contributed by atoms with E-state index in [1.54, 1.807) is 6.92 Å². The Bertz CT molecular complexity index is 406. The number of rotatable bonds is 6. The number of carboxylic acids is 1. The predicted molar refractivity (Wildman–Crippen MR) is 67.8 cm³/mol. The van der Waals surface area contributed by atoms with Crippen molar-refractivity contribution < 1.29 is 14.7 Å². The molecule has 0 aromatic heterocycles.